The van der Waals surface area contributed by atoms with Gasteiger partial charge in [-0.1, -0.05) is 84.5 Å². The van der Waals surface area contributed by atoms with Gasteiger partial charge in [-0.3, -0.25) is 0 Å². The molecular formula is C20H40N2. The summed E-state index contributed by atoms with van der Waals surface area (Å²) in [5.74, 6) is 0. The SMILES string of the molecule is CCCCCCCCCCCCCCN1C=CN(C)C1CC. The van der Waals surface area contributed by atoms with Gasteiger partial charge in [-0.2, -0.15) is 0 Å². The van der Waals surface area contributed by atoms with Gasteiger partial charge in [0.25, 0.3) is 0 Å². The topological polar surface area (TPSA) is 6.48 Å². The first-order valence-electron chi connectivity index (χ1n) is 9.95. The Kier molecular flexibility index (Phi) is 11.3. The van der Waals surface area contributed by atoms with Crippen molar-refractivity contribution in [2.75, 3.05) is 13.6 Å². The molecule has 0 aromatic heterocycles. The van der Waals surface area contributed by atoms with Crippen molar-refractivity contribution in [3.8, 4) is 0 Å². The molecule has 1 aliphatic heterocycles. The van der Waals surface area contributed by atoms with Crippen LogP contribution in [0.5, 0.6) is 0 Å². The normalized spacial score (nSPS) is 17.7. The fraction of sp³-hybridized carbons (Fsp3) is 0.900. The van der Waals surface area contributed by atoms with Gasteiger partial charge in [0, 0.05) is 26.0 Å². The molecule has 22 heavy (non-hydrogen) atoms. The average molecular weight is 309 g/mol. The van der Waals surface area contributed by atoms with Gasteiger partial charge >= 0.3 is 0 Å². The largest absolute Gasteiger partial charge is 0.359 e. The van der Waals surface area contributed by atoms with Gasteiger partial charge in [0.1, 0.15) is 6.17 Å². The molecule has 0 saturated heterocycles. The first kappa shape index (κ1) is 19.4. The van der Waals surface area contributed by atoms with Crippen molar-refractivity contribution in [3.05, 3.63) is 12.4 Å². The Bertz CT molecular complexity index is 275. The molecule has 0 aliphatic carbocycles. The van der Waals surface area contributed by atoms with Crippen LogP contribution in [0.25, 0.3) is 0 Å². The molecule has 0 saturated carbocycles. The van der Waals surface area contributed by atoms with Gasteiger partial charge in [0.2, 0.25) is 0 Å². The van der Waals surface area contributed by atoms with Crippen LogP contribution in [0, 0.1) is 0 Å². The Balaban J connectivity index is 1.83. The van der Waals surface area contributed by atoms with Gasteiger partial charge in [0.15, 0.2) is 0 Å². The highest BCUT2D eigenvalue weighted by Crippen LogP contribution is 2.18. The van der Waals surface area contributed by atoms with E-state index in [2.05, 4.69) is 43.1 Å². The lowest BCUT2D eigenvalue weighted by Crippen LogP contribution is -2.36. The van der Waals surface area contributed by atoms with Crippen molar-refractivity contribution >= 4 is 0 Å². The summed E-state index contributed by atoms with van der Waals surface area (Å²) >= 11 is 0. The molecule has 2 nitrogen and oxygen atoms in total. The highest BCUT2D eigenvalue weighted by Gasteiger charge is 2.20. The second kappa shape index (κ2) is 12.8. The summed E-state index contributed by atoms with van der Waals surface area (Å²) in [5.41, 5.74) is 0. The zero-order valence-electron chi connectivity index (χ0n) is 15.5. The lowest BCUT2D eigenvalue weighted by atomic mass is 10.1. The maximum atomic E-state index is 2.51. The Labute approximate surface area is 139 Å². The summed E-state index contributed by atoms with van der Waals surface area (Å²) < 4.78 is 0. The third kappa shape index (κ3) is 8.10. The lowest BCUT2D eigenvalue weighted by Gasteiger charge is -2.29. The second-order valence-electron chi connectivity index (χ2n) is 6.98. The Hall–Kier alpha value is -0.660. The van der Waals surface area contributed by atoms with Crippen LogP contribution in [0.15, 0.2) is 12.4 Å². The van der Waals surface area contributed by atoms with E-state index in [1.807, 2.05) is 0 Å². The second-order valence-corrected chi connectivity index (χ2v) is 6.98. The third-order valence-corrected chi connectivity index (χ3v) is 4.98. The highest BCUT2D eigenvalue weighted by molar-refractivity contribution is 4.94. The van der Waals surface area contributed by atoms with Crippen molar-refractivity contribution in [3.63, 3.8) is 0 Å². The summed E-state index contributed by atoms with van der Waals surface area (Å²) in [6.07, 6.45) is 23.5. The Morgan fingerprint density at radius 2 is 1.18 bits per heavy atom. The standard InChI is InChI=1S/C20H40N2/c1-4-6-7-8-9-10-11-12-13-14-15-16-17-22-19-18-21(3)20(22)5-2/h18-20H,4-17H2,1-3H3. The molecule has 0 spiro atoms. The van der Waals surface area contributed by atoms with Crippen molar-refractivity contribution in [1.29, 1.82) is 0 Å². The molecule has 0 N–H and O–H groups in total. The number of hydrogen-bond donors (Lipinski definition) is 0. The fourth-order valence-electron chi connectivity index (χ4n) is 3.50. The summed E-state index contributed by atoms with van der Waals surface area (Å²) in [5, 5.41) is 0. The molecule has 0 radical (unpaired) electrons. The monoisotopic (exact) mass is 308 g/mol. The van der Waals surface area contributed by atoms with Crippen LogP contribution < -0.4 is 0 Å². The molecule has 130 valence electrons. The van der Waals surface area contributed by atoms with Crippen LogP contribution in [0.4, 0.5) is 0 Å². The van der Waals surface area contributed by atoms with E-state index in [9.17, 15) is 0 Å². The lowest BCUT2D eigenvalue weighted by molar-refractivity contribution is 0.168. The van der Waals surface area contributed by atoms with Crippen LogP contribution in [0.3, 0.4) is 0 Å². The minimum Gasteiger partial charge on any atom is -0.359 e. The predicted octanol–water partition coefficient (Wildman–Crippen LogP) is 6.14. The maximum Gasteiger partial charge on any atom is 0.100 e. The van der Waals surface area contributed by atoms with Crippen LogP contribution >= 0.6 is 0 Å². The first-order valence-corrected chi connectivity index (χ1v) is 9.95. The molecule has 0 fully saturated rings. The average Bonchev–Trinajstić information content (AvgIpc) is 2.88. The van der Waals surface area contributed by atoms with E-state index in [1.165, 1.54) is 90.0 Å². The Morgan fingerprint density at radius 3 is 1.68 bits per heavy atom. The zero-order chi connectivity index (χ0) is 16.0. The molecule has 1 unspecified atom stereocenters. The van der Waals surface area contributed by atoms with Crippen LogP contribution in [0.2, 0.25) is 0 Å². The smallest absolute Gasteiger partial charge is 0.100 e. The summed E-state index contributed by atoms with van der Waals surface area (Å²) in [7, 11) is 2.19. The van der Waals surface area contributed by atoms with Gasteiger partial charge in [0.05, 0.1) is 0 Å². The summed E-state index contributed by atoms with van der Waals surface area (Å²) in [6, 6.07) is 0. The quantitative estimate of drug-likeness (QED) is 0.355. The predicted molar refractivity (Wildman–Crippen MR) is 98.8 cm³/mol. The molecule has 1 rings (SSSR count). The molecule has 1 atom stereocenters. The van der Waals surface area contributed by atoms with Crippen LogP contribution in [-0.2, 0) is 0 Å². The first-order chi connectivity index (χ1) is 10.8. The van der Waals surface area contributed by atoms with Crippen LogP contribution in [0.1, 0.15) is 97.3 Å². The van der Waals surface area contributed by atoms with E-state index in [4.69, 9.17) is 0 Å². The van der Waals surface area contributed by atoms with Crippen molar-refractivity contribution < 1.29 is 0 Å². The number of unbranched alkanes of at least 4 members (excludes halogenated alkanes) is 11. The van der Waals surface area contributed by atoms with E-state index in [1.54, 1.807) is 0 Å². The molecular weight excluding hydrogens is 268 g/mol. The van der Waals surface area contributed by atoms with Crippen molar-refractivity contribution in [2.45, 2.75) is 103 Å². The van der Waals surface area contributed by atoms with E-state index >= 15 is 0 Å². The fourth-order valence-corrected chi connectivity index (χ4v) is 3.50. The number of rotatable bonds is 14. The molecule has 0 aromatic rings. The van der Waals surface area contributed by atoms with Crippen molar-refractivity contribution in [2.24, 2.45) is 0 Å². The molecule has 2 heteroatoms. The minimum absolute atomic E-state index is 0.604. The van der Waals surface area contributed by atoms with Crippen molar-refractivity contribution in [1.82, 2.24) is 9.80 Å². The summed E-state index contributed by atoms with van der Waals surface area (Å²) in [4.78, 5) is 4.84. The van der Waals surface area contributed by atoms with Gasteiger partial charge in [-0.25, -0.2) is 0 Å². The minimum atomic E-state index is 0.604. The Morgan fingerprint density at radius 1 is 0.682 bits per heavy atom. The van der Waals surface area contributed by atoms with Gasteiger partial charge in [-0.05, 0) is 12.8 Å². The molecule has 0 bridgehead atoms. The summed E-state index contributed by atoms with van der Waals surface area (Å²) in [6.45, 7) is 5.81. The molecule has 1 heterocycles. The maximum absolute atomic E-state index is 2.51. The van der Waals surface area contributed by atoms with Gasteiger partial charge in [-0.15, -0.1) is 0 Å². The zero-order valence-corrected chi connectivity index (χ0v) is 15.5. The molecule has 1 aliphatic rings. The van der Waals surface area contributed by atoms with Gasteiger partial charge < -0.3 is 9.80 Å². The number of nitrogens with zero attached hydrogens (tertiary/aromatic N) is 2. The molecule has 0 amide bonds. The number of hydrogen-bond acceptors (Lipinski definition) is 2. The van der Waals surface area contributed by atoms with E-state index in [0.717, 1.165) is 0 Å². The van der Waals surface area contributed by atoms with Crippen LogP contribution in [-0.4, -0.2) is 29.6 Å². The van der Waals surface area contributed by atoms with E-state index < -0.39 is 0 Å². The third-order valence-electron chi connectivity index (χ3n) is 4.98. The van der Waals surface area contributed by atoms with E-state index in [-0.39, 0.29) is 0 Å². The highest BCUT2D eigenvalue weighted by atomic mass is 15.4. The van der Waals surface area contributed by atoms with E-state index in [0.29, 0.717) is 6.17 Å². The molecule has 0 aromatic carbocycles.